The first-order valence-electron chi connectivity index (χ1n) is 9.11. The summed E-state index contributed by atoms with van der Waals surface area (Å²) < 4.78 is 4.83. The molecular formula is C21H19N3O4. The van der Waals surface area contributed by atoms with E-state index in [9.17, 15) is 15.0 Å². The monoisotopic (exact) mass is 377 g/mol. The van der Waals surface area contributed by atoms with Crippen LogP contribution in [0.2, 0.25) is 0 Å². The Kier molecular flexibility index (Phi) is 3.67. The van der Waals surface area contributed by atoms with Gasteiger partial charge in [0.25, 0.3) is 0 Å². The van der Waals surface area contributed by atoms with Crippen LogP contribution in [0.3, 0.4) is 0 Å². The average molecular weight is 377 g/mol. The van der Waals surface area contributed by atoms with Gasteiger partial charge < -0.3 is 19.9 Å². The molecule has 7 heteroatoms. The molecule has 0 spiro atoms. The molecule has 0 bridgehead atoms. The Hall–Kier alpha value is -3.32. The molecule has 1 aromatic carbocycles. The van der Waals surface area contributed by atoms with E-state index in [-0.39, 0.29) is 22.6 Å². The van der Waals surface area contributed by atoms with Gasteiger partial charge in [0.1, 0.15) is 6.04 Å². The summed E-state index contributed by atoms with van der Waals surface area (Å²) in [6.07, 6.45) is 3.80. The van der Waals surface area contributed by atoms with Crippen LogP contribution in [-0.4, -0.2) is 44.7 Å². The van der Waals surface area contributed by atoms with Gasteiger partial charge in [0.05, 0.1) is 12.7 Å². The molecule has 7 nitrogen and oxygen atoms in total. The van der Waals surface area contributed by atoms with Crippen LogP contribution < -0.4 is 0 Å². The van der Waals surface area contributed by atoms with Crippen LogP contribution in [-0.2, 0) is 17.7 Å². The molecule has 2 aromatic heterocycles. The number of aromatic nitrogens is 2. The second-order valence-corrected chi connectivity index (χ2v) is 7.13. The minimum absolute atomic E-state index is 0.140. The van der Waals surface area contributed by atoms with Gasteiger partial charge in [-0.05, 0) is 23.6 Å². The summed E-state index contributed by atoms with van der Waals surface area (Å²) in [7, 11) is 1.28. The van der Waals surface area contributed by atoms with E-state index in [2.05, 4.69) is 20.9 Å². The van der Waals surface area contributed by atoms with Gasteiger partial charge in [-0.25, -0.2) is 4.79 Å². The maximum absolute atomic E-state index is 12.2. The fraction of sp³-hybridized carbons (Fsp3) is 0.238. The van der Waals surface area contributed by atoms with Crippen LogP contribution in [0.25, 0.3) is 16.7 Å². The van der Waals surface area contributed by atoms with Crippen molar-refractivity contribution >= 4 is 22.6 Å². The number of hydrogen-bond acceptors (Lipinski definition) is 6. The second kappa shape index (κ2) is 6.10. The average Bonchev–Trinajstić information content (AvgIpc) is 3.05. The lowest BCUT2D eigenvalue weighted by Gasteiger charge is -2.34. The van der Waals surface area contributed by atoms with Crippen molar-refractivity contribution in [2.45, 2.75) is 19.0 Å². The van der Waals surface area contributed by atoms with Crippen molar-refractivity contribution in [2.75, 3.05) is 13.7 Å². The van der Waals surface area contributed by atoms with E-state index in [4.69, 9.17) is 4.74 Å². The molecule has 5 rings (SSSR count). The predicted molar refractivity (Wildman–Crippen MR) is 103 cm³/mol. The number of aliphatic hydroxyl groups excluding tert-OH is 2. The summed E-state index contributed by atoms with van der Waals surface area (Å²) in [6.45, 7) is 1.15. The number of ether oxygens (including phenoxy) is 1. The zero-order valence-corrected chi connectivity index (χ0v) is 15.3. The Morgan fingerprint density at radius 3 is 2.93 bits per heavy atom. The normalized spacial score (nSPS) is 19.0. The molecule has 0 fully saturated rings. The van der Waals surface area contributed by atoms with Crippen molar-refractivity contribution < 1.29 is 19.7 Å². The molecule has 4 heterocycles. The summed E-state index contributed by atoms with van der Waals surface area (Å²) in [5, 5.41) is 23.1. The number of hydrogen-bond donors (Lipinski definition) is 3. The van der Waals surface area contributed by atoms with Crippen LogP contribution in [0.1, 0.15) is 38.8 Å². The smallest absolute Gasteiger partial charge is 0.340 e. The van der Waals surface area contributed by atoms with Crippen molar-refractivity contribution in [3.8, 4) is 0 Å². The second-order valence-electron chi connectivity index (χ2n) is 7.13. The lowest BCUT2D eigenvalue weighted by atomic mass is 9.96. The van der Waals surface area contributed by atoms with Crippen molar-refractivity contribution in [1.82, 2.24) is 14.9 Å². The molecule has 3 N–H and O–H groups in total. The Labute approximate surface area is 160 Å². The quantitative estimate of drug-likeness (QED) is 0.563. The highest BCUT2D eigenvalue weighted by molar-refractivity contribution is 5.95. The van der Waals surface area contributed by atoms with E-state index in [1.807, 2.05) is 18.2 Å². The number of H-pyrrole nitrogens is 1. The summed E-state index contributed by atoms with van der Waals surface area (Å²) in [5.41, 5.74) is 4.12. The number of carbonyl (C=O) groups excluding carboxylic acids is 1. The molecular weight excluding hydrogens is 358 g/mol. The molecule has 0 saturated carbocycles. The predicted octanol–water partition coefficient (Wildman–Crippen LogP) is 3.25. The molecule has 2 aliphatic heterocycles. The molecule has 0 saturated heterocycles. The molecule has 2 aliphatic rings. The summed E-state index contributed by atoms with van der Waals surface area (Å²) in [5.74, 6) is -1.09. The number of nitrogens with zero attached hydrogens (tertiary/aromatic N) is 2. The molecule has 28 heavy (non-hydrogen) atoms. The maximum atomic E-state index is 12.2. The van der Waals surface area contributed by atoms with E-state index in [0.717, 1.165) is 28.6 Å². The summed E-state index contributed by atoms with van der Waals surface area (Å²) in [4.78, 5) is 21.8. The number of methoxy groups -OCH3 is 1. The Bertz CT molecular complexity index is 1150. The minimum Gasteiger partial charge on any atom is -0.507 e. The van der Waals surface area contributed by atoms with Gasteiger partial charge in [-0.1, -0.05) is 18.2 Å². The van der Waals surface area contributed by atoms with E-state index < -0.39 is 12.0 Å². The van der Waals surface area contributed by atoms with E-state index in [1.165, 1.54) is 13.3 Å². The van der Waals surface area contributed by atoms with E-state index >= 15 is 0 Å². The first-order valence-corrected chi connectivity index (χ1v) is 9.11. The standard InChI is InChI=1S/C21H19N3O4/c1-28-21(27)14-9-22-8-11-10-24-7-6-13-12-4-2-3-5-15(12)23-17(13)18(24)20(26)19(25)16(11)14/h2-5,8-9,18,23,25-26H,6-7,10H2,1H3. The van der Waals surface area contributed by atoms with Crippen LogP contribution in [0.15, 0.2) is 42.4 Å². The molecule has 1 atom stereocenters. The Morgan fingerprint density at radius 2 is 2.11 bits per heavy atom. The maximum Gasteiger partial charge on any atom is 0.340 e. The lowest BCUT2D eigenvalue weighted by Crippen LogP contribution is -2.35. The highest BCUT2D eigenvalue weighted by Crippen LogP contribution is 2.43. The van der Waals surface area contributed by atoms with Gasteiger partial charge in [0.15, 0.2) is 11.5 Å². The molecule has 0 radical (unpaired) electrons. The van der Waals surface area contributed by atoms with Crippen molar-refractivity contribution in [1.29, 1.82) is 0 Å². The topological polar surface area (TPSA) is 98.7 Å². The van der Waals surface area contributed by atoms with Crippen LogP contribution >= 0.6 is 0 Å². The highest BCUT2D eigenvalue weighted by atomic mass is 16.5. The van der Waals surface area contributed by atoms with E-state index in [1.54, 1.807) is 6.20 Å². The van der Waals surface area contributed by atoms with Crippen molar-refractivity contribution in [3.05, 3.63) is 70.4 Å². The van der Waals surface area contributed by atoms with Gasteiger partial charge in [-0.3, -0.25) is 9.88 Å². The molecule has 1 unspecified atom stereocenters. The van der Waals surface area contributed by atoms with Crippen molar-refractivity contribution in [2.24, 2.45) is 0 Å². The van der Waals surface area contributed by atoms with Crippen LogP contribution in [0.4, 0.5) is 0 Å². The number of rotatable bonds is 1. The Balaban J connectivity index is 1.73. The SMILES string of the molecule is COC(=O)c1cncc2c1C(O)=C(O)C1c3[nH]c4ccccc4c3CCN1C2. The number of nitrogens with one attached hydrogen (secondary N) is 1. The highest BCUT2D eigenvalue weighted by Gasteiger charge is 2.39. The fourth-order valence-corrected chi connectivity index (χ4v) is 4.42. The van der Waals surface area contributed by atoms with Crippen molar-refractivity contribution in [3.63, 3.8) is 0 Å². The van der Waals surface area contributed by atoms with E-state index in [0.29, 0.717) is 18.7 Å². The fourth-order valence-electron chi connectivity index (χ4n) is 4.42. The molecule has 142 valence electrons. The zero-order chi connectivity index (χ0) is 19.4. The molecule has 3 aromatic rings. The number of esters is 1. The summed E-state index contributed by atoms with van der Waals surface area (Å²) in [6, 6.07) is 7.50. The van der Waals surface area contributed by atoms with Gasteiger partial charge in [-0.15, -0.1) is 0 Å². The number of aromatic amines is 1. The first kappa shape index (κ1) is 16.8. The number of fused-ring (bicyclic) bond motifs is 6. The third kappa shape index (κ3) is 2.26. The summed E-state index contributed by atoms with van der Waals surface area (Å²) >= 11 is 0. The lowest BCUT2D eigenvalue weighted by molar-refractivity contribution is 0.0599. The van der Waals surface area contributed by atoms with Gasteiger partial charge >= 0.3 is 5.97 Å². The molecule has 0 amide bonds. The third-order valence-electron chi connectivity index (χ3n) is 5.68. The van der Waals surface area contributed by atoms with Gasteiger partial charge in [-0.2, -0.15) is 0 Å². The number of para-hydroxylation sites is 1. The largest absolute Gasteiger partial charge is 0.507 e. The third-order valence-corrected chi connectivity index (χ3v) is 5.68. The zero-order valence-electron chi connectivity index (χ0n) is 15.3. The van der Waals surface area contributed by atoms with Crippen LogP contribution in [0, 0.1) is 0 Å². The van der Waals surface area contributed by atoms with Crippen LogP contribution in [0.5, 0.6) is 0 Å². The first-order chi connectivity index (χ1) is 13.6. The number of benzene rings is 1. The number of aliphatic hydroxyl groups is 2. The minimum atomic E-state index is -0.602. The number of pyridine rings is 1. The molecule has 0 aliphatic carbocycles. The Morgan fingerprint density at radius 1 is 1.29 bits per heavy atom. The van der Waals surface area contributed by atoms with Gasteiger partial charge in [0.2, 0.25) is 0 Å². The van der Waals surface area contributed by atoms with Gasteiger partial charge in [0, 0.05) is 47.6 Å². The number of carbonyl (C=O) groups is 1.